The number of benzene rings is 3. The van der Waals surface area contributed by atoms with E-state index in [1.807, 2.05) is 68.4 Å². The Bertz CT molecular complexity index is 1710. The van der Waals surface area contributed by atoms with Crippen LogP contribution in [0.5, 0.6) is 5.75 Å². The zero-order valence-electron chi connectivity index (χ0n) is 20.0. The molecule has 6 rings (SSSR count). The van der Waals surface area contributed by atoms with Gasteiger partial charge in [0.2, 0.25) is 5.76 Å². The molecule has 0 saturated carbocycles. The number of rotatable bonds is 5. The average molecular weight is 513 g/mol. The summed E-state index contributed by atoms with van der Waals surface area (Å²) in [5, 5.41) is 0.544. The number of thiazole rings is 1. The minimum absolute atomic E-state index is 0.0600. The van der Waals surface area contributed by atoms with E-state index in [2.05, 4.69) is 4.98 Å². The van der Waals surface area contributed by atoms with Crippen molar-refractivity contribution in [2.75, 3.05) is 4.90 Å². The highest BCUT2D eigenvalue weighted by Crippen LogP contribution is 2.43. The maximum Gasteiger partial charge on any atom is 0.297 e. The second-order valence-corrected chi connectivity index (χ2v) is 10.1. The molecule has 0 radical (unpaired) electrons. The van der Waals surface area contributed by atoms with Gasteiger partial charge in [0.05, 0.1) is 22.7 Å². The lowest BCUT2D eigenvalue weighted by atomic mass is 9.98. The Morgan fingerprint density at radius 1 is 1.03 bits per heavy atom. The van der Waals surface area contributed by atoms with Gasteiger partial charge < -0.3 is 9.15 Å². The van der Waals surface area contributed by atoms with Gasteiger partial charge in [-0.25, -0.2) is 9.37 Å². The fourth-order valence-electron chi connectivity index (χ4n) is 4.53. The van der Waals surface area contributed by atoms with Gasteiger partial charge in [0.15, 0.2) is 10.6 Å². The summed E-state index contributed by atoms with van der Waals surface area (Å²) in [5.74, 6) is -0.493. The van der Waals surface area contributed by atoms with E-state index in [0.717, 1.165) is 22.2 Å². The van der Waals surface area contributed by atoms with Gasteiger partial charge in [0.1, 0.15) is 23.8 Å². The number of hydrogen-bond donors (Lipinski definition) is 0. The van der Waals surface area contributed by atoms with Crippen molar-refractivity contribution in [3.63, 3.8) is 0 Å². The molecule has 184 valence electrons. The lowest BCUT2D eigenvalue weighted by molar-refractivity contribution is 0.0971. The SMILES string of the molecule is Cc1nc(N2C(=O)c3oc4ccc(F)cc4c(=O)c3C2c2cccc(OCc3ccccc3)c2)sc1C. The minimum Gasteiger partial charge on any atom is -0.489 e. The van der Waals surface area contributed by atoms with E-state index in [4.69, 9.17) is 9.15 Å². The molecular formula is C29H21FN2O4S. The number of carbonyl (C=O) groups is 1. The molecule has 0 N–H and O–H groups in total. The van der Waals surface area contributed by atoms with Crippen LogP contribution in [0.1, 0.15) is 43.9 Å². The Hall–Kier alpha value is -4.30. The monoisotopic (exact) mass is 512 g/mol. The van der Waals surface area contributed by atoms with Crippen molar-refractivity contribution in [3.05, 3.63) is 122 Å². The van der Waals surface area contributed by atoms with Crippen LogP contribution in [0.15, 0.2) is 82.0 Å². The van der Waals surface area contributed by atoms with Crippen LogP contribution in [0.2, 0.25) is 0 Å². The molecule has 6 nitrogen and oxygen atoms in total. The van der Waals surface area contributed by atoms with Gasteiger partial charge in [0, 0.05) is 4.88 Å². The smallest absolute Gasteiger partial charge is 0.297 e. The Labute approximate surface area is 215 Å². The summed E-state index contributed by atoms with van der Waals surface area (Å²) in [6.45, 7) is 4.17. The standard InChI is InChI=1S/C29H21FN2O4S/c1-16-17(2)37-29(31-16)32-25(19-9-6-10-21(13-19)35-15-18-7-4-3-5-8-18)24-26(33)22-14-20(30)11-12-23(22)36-27(24)28(32)34/h3-14,25H,15H2,1-2H3. The fourth-order valence-corrected chi connectivity index (χ4v) is 5.47. The number of halogens is 1. The number of amides is 1. The van der Waals surface area contributed by atoms with E-state index < -0.39 is 23.2 Å². The molecule has 1 aliphatic rings. The van der Waals surface area contributed by atoms with Crippen molar-refractivity contribution in [2.45, 2.75) is 26.5 Å². The predicted molar refractivity (Wildman–Crippen MR) is 140 cm³/mol. The molecule has 2 aromatic heterocycles. The van der Waals surface area contributed by atoms with Crippen molar-refractivity contribution >= 4 is 33.3 Å². The molecule has 0 aliphatic carbocycles. The van der Waals surface area contributed by atoms with E-state index in [1.54, 1.807) is 0 Å². The van der Waals surface area contributed by atoms with E-state index in [-0.39, 0.29) is 22.3 Å². The molecule has 37 heavy (non-hydrogen) atoms. The molecule has 3 heterocycles. The lowest BCUT2D eigenvalue weighted by Crippen LogP contribution is -2.29. The largest absolute Gasteiger partial charge is 0.489 e. The second kappa shape index (κ2) is 8.97. The number of aromatic nitrogens is 1. The molecule has 0 fully saturated rings. The van der Waals surface area contributed by atoms with Crippen LogP contribution in [0.4, 0.5) is 9.52 Å². The zero-order valence-corrected chi connectivity index (χ0v) is 20.8. The molecule has 1 atom stereocenters. The third-order valence-corrected chi connectivity index (χ3v) is 7.55. The van der Waals surface area contributed by atoms with Crippen molar-refractivity contribution < 1.29 is 18.3 Å². The quantitative estimate of drug-likeness (QED) is 0.275. The number of fused-ring (bicyclic) bond motifs is 2. The molecule has 0 bridgehead atoms. The molecule has 1 amide bonds. The molecule has 1 unspecified atom stereocenters. The Morgan fingerprint density at radius 3 is 2.59 bits per heavy atom. The molecular weight excluding hydrogens is 491 g/mol. The first-order valence-electron chi connectivity index (χ1n) is 11.7. The lowest BCUT2D eigenvalue weighted by Gasteiger charge is -2.23. The number of carbonyl (C=O) groups excluding carboxylic acids is 1. The number of aryl methyl sites for hydroxylation is 2. The summed E-state index contributed by atoms with van der Waals surface area (Å²) in [5.41, 5.74) is 2.34. The maximum atomic E-state index is 14.0. The van der Waals surface area contributed by atoms with Gasteiger partial charge in [-0.2, -0.15) is 0 Å². The first-order chi connectivity index (χ1) is 17.9. The van der Waals surface area contributed by atoms with Gasteiger partial charge in [-0.05, 0) is 55.3 Å². The van der Waals surface area contributed by atoms with Gasteiger partial charge in [-0.3, -0.25) is 14.5 Å². The summed E-state index contributed by atoms with van der Waals surface area (Å²) in [6, 6.07) is 20.0. The average Bonchev–Trinajstić information content (AvgIpc) is 3.39. The Morgan fingerprint density at radius 2 is 1.84 bits per heavy atom. The van der Waals surface area contributed by atoms with Crippen LogP contribution < -0.4 is 15.1 Å². The van der Waals surface area contributed by atoms with Gasteiger partial charge >= 0.3 is 0 Å². The van der Waals surface area contributed by atoms with Crippen molar-refractivity contribution in [3.8, 4) is 5.75 Å². The first kappa shape index (κ1) is 23.1. The van der Waals surface area contributed by atoms with Crippen LogP contribution in [-0.2, 0) is 6.61 Å². The normalized spacial score (nSPS) is 14.8. The van der Waals surface area contributed by atoms with Crippen molar-refractivity contribution in [1.82, 2.24) is 4.98 Å². The minimum atomic E-state index is -0.809. The molecule has 0 spiro atoms. The van der Waals surface area contributed by atoms with E-state index in [9.17, 15) is 14.0 Å². The topological polar surface area (TPSA) is 72.6 Å². The summed E-state index contributed by atoms with van der Waals surface area (Å²) in [7, 11) is 0. The third-order valence-electron chi connectivity index (χ3n) is 6.48. The molecule has 1 aliphatic heterocycles. The molecule has 0 saturated heterocycles. The molecule has 5 aromatic rings. The highest BCUT2D eigenvalue weighted by atomic mass is 32.1. The van der Waals surface area contributed by atoms with Gasteiger partial charge in [0.25, 0.3) is 5.91 Å². The predicted octanol–water partition coefficient (Wildman–Crippen LogP) is 6.33. The zero-order chi connectivity index (χ0) is 25.7. The summed E-state index contributed by atoms with van der Waals surface area (Å²) < 4.78 is 26.0. The van der Waals surface area contributed by atoms with Crippen LogP contribution >= 0.6 is 11.3 Å². The third kappa shape index (κ3) is 3.99. The number of anilines is 1. The van der Waals surface area contributed by atoms with Crippen LogP contribution in [0.3, 0.4) is 0 Å². The van der Waals surface area contributed by atoms with Crippen molar-refractivity contribution in [1.29, 1.82) is 0 Å². The summed E-state index contributed by atoms with van der Waals surface area (Å²) in [6.07, 6.45) is 0. The number of nitrogens with zero attached hydrogens (tertiary/aromatic N) is 2. The number of hydrogen-bond acceptors (Lipinski definition) is 6. The second-order valence-electron chi connectivity index (χ2n) is 8.88. The Balaban J connectivity index is 1.50. The number of ether oxygens (including phenoxy) is 1. The van der Waals surface area contributed by atoms with Crippen LogP contribution in [0.25, 0.3) is 11.0 Å². The van der Waals surface area contributed by atoms with Crippen molar-refractivity contribution in [2.24, 2.45) is 0 Å². The highest BCUT2D eigenvalue weighted by molar-refractivity contribution is 7.15. The van der Waals surface area contributed by atoms with E-state index in [0.29, 0.717) is 23.1 Å². The first-order valence-corrected chi connectivity index (χ1v) is 12.5. The van der Waals surface area contributed by atoms with Crippen LogP contribution in [0, 0.1) is 19.7 Å². The van der Waals surface area contributed by atoms with Gasteiger partial charge in [-0.15, -0.1) is 11.3 Å². The Kier molecular flexibility index (Phi) is 5.61. The van der Waals surface area contributed by atoms with Gasteiger partial charge in [-0.1, -0.05) is 42.5 Å². The summed E-state index contributed by atoms with van der Waals surface area (Å²) >= 11 is 1.37. The molecule has 3 aromatic carbocycles. The highest BCUT2D eigenvalue weighted by Gasteiger charge is 2.45. The summed E-state index contributed by atoms with van der Waals surface area (Å²) in [4.78, 5) is 34.5. The van der Waals surface area contributed by atoms with E-state index in [1.165, 1.54) is 28.4 Å². The fraction of sp³-hybridized carbons (Fsp3) is 0.138. The van der Waals surface area contributed by atoms with Crippen LogP contribution in [-0.4, -0.2) is 10.9 Å². The van der Waals surface area contributed by atoms with E-state index >= 15 is 0 Å². The maximum absolute atomic E-state index is 14.0. The molecule has 8 heteroatoms.